The van der Waals surface area contributed by atoms with Crippen LogP contribution in [0.3, 0.4) is 0 Å². The zero-order chi connectivity index (χ0) is 31.0. The molecule has 6 unspecified atom stereocenters. The molecule has 0 aliphatic carbocycles. The van der Waals surface area contributed by atoms with E-state index in [1.807, 2.05) is 0 Å². The van der Waals surface area contributed by atoms with Crippen LogP contribution < -0.4 is 0 Å². The summed E-state index contributed by atoms with van der Waals surface area (Å²) >= 11 is 0. The van der Waals surface area contributed by atoms with E-state index in [0.29, 0.717) is 6.42 Å². The average molecular weight is 603 g/mol. The summed E-state index contributed by atoms with van der Waals surface area (Å²) in [6, 6.07) is 0. The van der Waals surface area contributed by atoms with Crippen molar-refractivity contribution in [3.63, 3.8) is 0 Å². The van der Waals surface area contributed by atoms with Crippen molar-refractivity contribution < 1.29 is 49.0 Å². The Kier molecular flexibility index (Phi) is 22.7. The first-order chi connectivity index (χ1) is 20.3. The van der Waals surface area contributed by atoms with Crippen molar-refractivity contribution in [3.8, 4) is 0 Å². The molecule has 0 aromatic carbocycles. The molecule has 0 radical (unpaired) electrons. The van der Waals surface area contributed by atoms with Gasteiger partial charge < -0.3 is 39.4 Å². The van der Waals surface area contributed by atoms with Gasteiger partial charge in [-0.3, -0.25) is 9.59 Å². The van der Waals surface area contributed by atoms with Crippen LogP contribution in [-0.2, 0) is 28.5 Å². The van der Waals surface area contributed by atoms with Crippen molar-refractivity contribution >= 4 is 11.9 Å². The molecule has 1 fully saturated rings. The topological polar surface area (TPSA) is 152 Å². The number of unbranched alkanes of at least 4 members (excludes halogenated alkanes) is 14. The van der Waals surface area contributed by atoms with Crippen molar-refractivity contribution in [2.24, 2.45) is 0 Å². The molecular formula is C32H58O10. The minimum absolute atomic E-state index is 0.222. The van der Waals surface area contributed by atoms with Gasteiger partial charge in [0.25, 0.3) is 0 Å². The normalized spacial score (nSPS) is 23.2. The maximum absolute atomic E-state index is 12.4. The predicted molar refractivity (Wildman–Crippen MR) is 160 cm³/mol. The van der Waals surface area contributed by atoms with E-state index in [0.717, 1.165) is 25.7 Å². The van der Waals surface area contributed by atoms with Gasteiger partial charge in [0.05, 0.1) is 13.2 Å². The van der Waals surface area contributed by atoms with Gasteiger partial charge in [-0.05, 0) is 32.1 Å². The first-order valence-corrected chi connectivity index (χ1v) is 16.2. The molecule has 0 saturated carbocycles. The number of hydrogen-bond donors (Lipinski definition) is 4. The second-order valence-electron chi connectivity index (χ2n) is 11.3. The van der Waals surface area contributed by atoms with Crippen molar-refractivity contribution in [1.82, 2.24) is 0 Å². The van der Waals surface area contributed by atoms with Crippen molar-refractivity contribution in [2.45, 2.75) is 160 Å². The standard InChI is InChI=1S/C32H58O10/c1-3-4-5-6-7-8-9-10-11-12-13-14-15-16-17-18-19-20-21-28(35)41-26(23-39-25(2)34)24-40-32-31(38)30(37)29(36)27(22-33)42-32/h11-12,26-27,29-33,36-38H,3-10,13-24H2,1-2H3/b12-11-. The summed E-state index contributed by atoms with van der Waals surface area (Å²) in [5.41, 5.74) is 0. The van der Waals surface area contributed by atoms with Gasteiger partial charge in [-0.15, -0.1) is 0 Å². The molecule has 1 saturated heterocycles. The van der Waals surface area contributed by atoms with Crippen LogP contribution in [0.5, 0.6) is 0 Å². The van der Waals surface area contributed by atoms with E-state index in [9.17, 15) is 30.0 Å². The smallest absolute Gasteiger partial charge is 0.306 e. The van der Waals surface area contributed by atoms with Crippen molar-refractivity contribution in [2.75, 3.05) is 19.8 Å². The molecule has 6 atom stereocenters. The molecule has 42 heavy (non-hydrogen) atoms. The van der Waals surface area contributed by atoms with Gasteiger partial charge in [0.2, 0.25) is 0 Å². The fourth-order valence-corrected chi connectivity index (χ4v) is 4.85. The molecule has 0 amide bonds. The summed E-state index contributed by atoms with van der Waals surface area (Å²) in [4.78, 5) is 23.6. The average Bonchev–Trinajstić information content (AvgIpc) is 2.97. The molecule has 1 aliphatic rings. The number of hydrogen-bond acceptors (Lipinski definition) is 10. The minimum atomic E-state index is -1.59. The van der Waals surface area contributed by atoms with Crippen molar-refractivity contribution in [3.05, 3.63) is 12.2 Å². The van der Waals surface area contributed by atoms with Crippen LogP contribution in [-0.4, -0.2) is 89.0 Å². The predicted octanol–water partition coefficient (Wildman–Crippen LogP) is 4.49. The third-order valence-corrected chi connectivity index (χ3v) is 7.46. The summed E-state index contributed by atoms with van der Waals surface area (Å²) in [7, 11) is 0. The molecule has 0 bridgehead atoms. The Morgan fingerprint density at radius 2 is 1.31 bits per heavy atom. The highest BCUT2D eigenvalue weighted by Gasteiger charge is 2.44. The molecule has 1 rings (SSSR count). The van der Waals surface area contributed by atoms with Gasteiger partial charge in [-0.1, -0.05) is 89.7 Å². The maximum atomic E-state index is 12.4. The van der Waals surface area contributed by atoms with Gasteiger partial charge in [-0.25, -0.2) is 0 Å². The van der Waals surface area contributed by atoms with E-state index in [4.69, 9.17) is 18.9 Å². The third kappa shape index (κ3) is 18.2. The van der Waals surface area contributed by atoms with E-state index >= 15 is 0 Å². The lowest BCUT2D eigenvalue weighted by Gasteiger charge is -2.39. The zero-order valence-electron chi connectivity index (χ0n) is 26.0. The number of aliphatic hydroxyl groups is 4. The number of carbonyl (C=O) groups is 2. The first-order valence-electron chi connectivity index (χ1n) is 16.2. The van der Waals surface area contributed by atoms with E-state index in [1.165, 1.54) is 77.6 Å². The lowest BCUT2D eigenvalue weighted by Crippen LogP contribution is -2.59. The van der Waals surface area contributed by atoms with E-state index in [1.54, 1.807) is 0 Å². The summed E-state index contributed by atoms with van der Waals surface area (Å²) < 4.78 is 21.1. The largest absolute Gasteiger partial charge is 0.462 e. The number of aliphatic hydroxyl groups excluding tert-OH is 4. The summed E-state index contributed by atoms with van der Waals surface area (Å²) in [5.74, 6) is -1.00. The number of ether oxygens (including phenoxy) is 4. The number of rotatable bonds is 25. The van der Waals surface area contributed by atoms with Gasteiger partial charge in [0, 0.05) is 13.3 Å². The van der Waals surface area contributed by atoms with Crippen LogP contribution in [0.4, 0.5) is 0 Å². The Morgan fingerprint density at radius 3 is 1.86 bits per heavy atom. The first kappa shape index (κ1) is 38.5. The number of carbonyl (C=O) groups excluding carboxylic acids is 2. The Labute approximate surface area is 252 Å². The van der Waals surface area contributed by atoms with Crippen LogP contribution in [0, 0.1) is 0 Å². The van der Waals surface area contributed by atoms with Crippen LogP contribution >= 0.6 is 0 Å². The van der Waals surface area contributed by atoms with Crippen LogP contribution in [0.15, 0.2) is 12.2 Å². The highest BCUT2D eigenvalue weighted by Crippen LogP contribution is 2.22. The SMILES string of the molecule is CCCCCCCCC/C=C\CCCCCCCCCC(=O)OC(COC(C)=O)COC1OC(CO)C(O)C(O)C1O. The Bertz CT molecular complexity index is 713. The highest BCUT2D eigenvalue weighted by atomic mass is 16.7. The number of allylic oxidation sites excluding steroid dienone is 2. The van der Waals surface area contributed by atoms with Crippen molar-refractivity contribution in [1.29, 1.82) is 0 Å². The molecule has 1 heterocycles. The molecule has 4 N–H and O–H groups in total. The van der Waals surface area contributed by atoms with Gasteiger partial charge in [-0.2, -0.15) is 0 Å². The molecule has 10 heteroatoms. The lowest BCUT2D eigenvalue weighted by atomic mass is 9.99. The van der Waals surface area contributed by atoms with Gasteiger partial charge in [0.1, 0.15) is 31.0 Å². The molecule has 0 aromatic heterocycles. The maximum Gasteiger partial charge on any atom is 0.306 e. The Hall–Kier alpha value is -1.56. The van der Waals surface area contributed by atoms with Crippen LogP contribution in [0.2, 0.25) is 0 Å². The monoisotopic (exact) mass is 602 g/mol. The Morgan fingerprint density at radius 1 is 0.762 bits per heavy atom. The van der Waals surface area contributed by atoms with E-state index in [2.05, 4.69) is 19.1 Å². The summed E-state index contributed by atoms with van der Waals surface area (Å²) in [6.45, 7) is 2.37. The molecular weight excluding hydrogens is 544 g/mol. The third-order valence-electron chi connectivity index (χ3n) is 7.46. The van der Waals surface area contributed by atoms with E-state index in [-0.39, 0.29) is 19.6 Å². The molecule has 246 valence electrons. The molecule has 0 aromatic rings. The fraction of sp³-hybridized carbons (Fsp3) is 0.875. The van der Waals surface area contributed by atoms with E-state index < -0.39 is 55.4 Å². The van der Waals surface area contributed by atoms with Gasteiger partial charge >= 0.3 is 11.9 Å². The minimum Gasteiger partial charge on any atom is -0.462 e. The second kappa shape index (κ2) is 24.8. The van der Waals surface area contributed by atoms with Crippen LogP contribution in [0.25, 0.3) is 0 Å². The summed E-state index contributed by atoms with van der Waals surface area (Å²) in [5, 5.41) is 39.2. The van der Waals surface area contributed by atoms with Gasteiger partial charge in [0.15, 0.2) is 12.4 Å². The molecule has 1 aliphatic heterocycles. The molecule has 10 nitrogen and oxygen atoms in total. The zero-order valence-corrected chi connectivity index (χ0v) is 26.0. The summed E-state index contributed by atoms with van der Waals surface area (Å²) in [6.07, 6.45) is 16.0. The fourth-order valence-electron chi connectivity index (χ4n) is 4.85. The molecule has 0 spiro atoms. The lowest BCUT2D eigenvalue weighted by molar-refractivity contribution is -0.305. The highest BCUT2D eigenvalue weighted by molar-refractivity contribution is 5.69. The second-order valence-corrected chi connectivity index (χ2v) is 11.3. The van der Waals surface area contributed by atoms with Crippen LogP contribution in [0.1, 0.15) is 123 Å². The quantitative estimate of drug-likeness (QED) is 0.0668. The Balaban J connectivity index is 2.14. The number of esters is 2.